The third-order valence-electron chi connectivity index (χ3n) is 4.49. The van der Waals surface area contributed by atoms with Crippen LogP contribution in [0, 0.1) is 11.3 Å². The third kappa shape index (κ3) is 5.68. The van der Waals surface area contributed by atoms with Crippen LogP contribution in [0.3, 0.4) is 0 Å². The zero-order valence-electron chi connectivity index (χ0n) is 12.5. The number of aliphatic hydroxyl groups is 1. The summed E-state index contributed by atoms with van der Waals surface area (Å²) >= 11 is 0. The van der Waals surface area contributed by atoms with Gasteiger partial charge in [0.05, 0.1) is 0 Å². The minimum Gasteiger partial charge on any atom is -0.396 e. The van der Waals surface area contributed by atoms with Crippen LogP contribution in [0.25, 0.3) is 0 Å². The molecular formula is C15H32N2O. The van der Waals surface area contributed by atoms with Crippen molar-refractivity contribution in [1.29, 1.82) is 0 Å². The lowest BCUT2D eigenvalue weighted by Crippen LogP contribution is -2.37. The molecule has 1 aliphatic heterocycles. The minimum absolute atomic E-state index is 0.0561. The van der Waals surface area contributed by atoms with Crippen LogP contribution < -0.4 is 5.32 Å². The molecule has 1 aliphatic rings. The highest BCUT2D eigenvalue weighted by atomic mass is 16.3. The first-order chi connectivity index (χ1) is 8.59. The number of nitrogens with one attached hydrogen (secondary N) is 1. The zero-order valence-corrected chi connectivity index (χ0v) is 12.5. The van der Waals surface area contributed by atoms with Crippen molar-refractivity contribution in [1.82, 2.24) is 10.2 Å². The lowest BCUT2D eigenvalue weighted by Gasteiger charge is -2.30. The van der Waals surface area contributed by atoms with E-state index in [0.29, 0.717) is 0 Å². The summed E-state index contributed by atoms with van der Waals surface area (Å²) < 4.78 is 0. The average molecular weight is 256 g/mol. The van der Waals surface area contributed by atoms with Crippen molar-refractivity contribution in [2.75, 3.05) is 39.3 Å². The summed E-state index contributed by atoms with van der Waals surface area (Å²) in [6, 6.07) is 0. The summed E-state index contributed by atoms with van der Waals surface area (Å²) in [5.41, 5.74) is 0.0561. The van der Waals surface area contributed by atoms with Gasteiger partial charge in [-0.25, -0.2) is 0 Å². The molecule has 1 fully saturated rings. The molecule has 0 amide bonds. The number of hydrogen-bond donors (Lipinski definition) is 2. The largest absolute Gasteiger partial charge is 0.396 e. The van der Waals surface area contributed by atoms with E-state index in [1.807, 2.05) is 0 Å². The molecule has 1 unspecified atom stereocenters. The second-order valence-corrected chi connectivity index (χ2v) is 6.38. The standard InChI is InChI=1S/C15H32N2O/c1-4-15(3,13-18)12-16-8-5-9-17-10-6-14(2)7-11-17/h14,16,18H,4-13H2,1-3H3. The van der Waals surface area contributed by atoms with Crippen LogP contribution in [-0.2, 0) is 0 Å². The quantitative estimate of drug-likeness (QED) is 0.653. The highest BCUT2D eigenvalue weighted by Crippen LogP contribution is 2.18. The Morgan fingerprint density at radius 2 is 2.00 bits per heavy atom. The molecule has 1 saturated heterocycles. The van der Waals surface area contributed by atoms with Gasteiger partial charge in [0.1, 0.15) is 0 Å². The Hall–Kier alpha value is -0.120. The molecule has 108 valence electrons. The maximum atomic E-state index is 9.32. The predicted molar refractivity (Wildman–Crippen MR) is 77.8 cm³/mol. The van der Waals surface area contributed by atoms with E-state index in [9.17, 15) is 5.11 Å². The van der Waals surface area contributed by atoms with Crippen molar-refractivity contribution in [3.05, 3.63) is 0 Å². The van der Waals surface area contributed by atoms with Gasteiger partial charge in [-0.2, -0.15) is 0 Å². The molecule has 0 aromatic rings. The minimum atomic E-state index is 0.0561. The number of hydrogen-bond acceptors (Lipinski definition) is 3. The molecule has 2 N–H and O–H groups in total. The van der Waals surface area contributed by atoms with Gasteiger partial charge in [-0.05, 0) is 57.8 Å². The molecule has 0 saturated carbocycles. The SMILES string of the molecule is CCC(C)(CO)CNCCCN1CCC(C)CC1. The van der Waals surface area contributed by atoms with Gasteiger partial charge in [0.25, 0.3) is 0 Å². The van der Waals surface area contributed by atoms with Crippen LogP contribution in [0.4, 0.5) is 0 Å². The molecule has 0 aromatic carbocycles. The van der Waals surface area contributed by atoms with Gasteiger partial charge in [-0.3, -0.25) is 0 Å². The van der Waals surface area contributed by atoms with E-state index in [-0.39, 0.29) is 12.0 Å². The molecule has 18 heavy (non-hydrogen) atoms. The predicted octanol–water partition coefficient (Wildman–Crippen LogP) is 2.11. The second kappa shape index (κ2) is 8.13. The summed E-state index contributed by atoms with van der Waals surface area (Å²) in [6.07, 6.45) is 4.98. The molecule has 0 bridgehead atoms. The fourth-order valence-electron chi connectivity index (χ4n) is 2.40. The maximum absolute atomic E-state index is 9.32. The zero-order chi connectivity index (χ0) is 13.4. The first kappa shape index (κ1) is 15.9. The van der Waals surface area contributed by atoms with Crippen LogP contribution in [0.2, 0.25) is 0 Å². The van der Waals surface area contributed by atoms with Gasteiger partial charge in [-0.1, -0.05) is 20.8 Å². The summed E-state index contributed by atoms with van der Waals surface area (Å²) in [4.78, 5) is 2.59. The van der Waals surface area contributed by atoms with Gasteiger partial charge >= 0.3 is 0 Å². The molecule has 3 nitrogen and oxygen atoms in total. The molecule has 0 spiro atoms. The Kier molecular flexibility index (Phi) is 7.20. The van der Waals surface area contributed by atoms with Crippen LogP contribution in [-0.4, -0.2) is 49.3 Å². The fourth-order valence-corrected chi connectivity index (χ4v) is 2.40. The number of aliphatic hydroxyl groups excluding tert-OH is 1. The summed E-state index contributed by atoms with van der Waals surface area (Å²) in [5, 5.41) is 12.8. The van der Waals surface area contributed by atoms with E-state index in [0.717, 1.165) is 25.4 Å². The van der Waals surface area contributed by atoms with E-state index in [4.69, 9.17) is 0 Å². The van der Waals surface area contributed by atoms with E-state index in [1.165, 1.54) is 38.9 Å². The first-order valence-electron chi connectivity index (χ1n) is 7.63. The van der Waals surface area contributed by atoms with Crippen LogP contribution >= 0.6 is 0 Å². The molecule has 0 radical (unpaired) electrons. The van der Waals surface area contributed by atoms with Crippen molar-refractivity contribution in [2.24, 2.45) is 11.3 Å². The monoisotopic (exact) mass is 256 g/mol. The van der Waals surface area contributed by atoms with Gasteiger partial charge in [-0.15, -0.1) is 0 Å². The topological polar surface area (TPSA) is 35.5 Å². The Bertz CT molecular complexity index is 209. The molecule has 1 atom stereocenters. The van der Waals surface area contributed by atoms with Crippen LogP contribution in [0.5, 0.6) is 0 Å². The Balaban J connectivity index is 2.02. The van der Waals surface area contributed by atoms with Crippen molar-refractivity contribution >= 4 is 0 Å². The maximum Gasteiger partial charge on any atom is 0.0496 e. The summed E-state index contributed by atoms with van der Waals surface area (Å²) in [6.45, 7) is 12.7. The smallest absolute Gasteiger partial charge is 0.0496 e. The lowest BCUT2D eigenvalue weighted by atomic mass is 9.89. The number of piperidine rings is 1. The fraction of sp³-hybridized carbons (Fsp3) is 1.00. The van der Waals surface area contributed by atoms with Crippen LogP contribution in [0.1, 0.15) is 46.5 Å². The lowest BCUT2D eigenvalue weighted by molar-refractivity contribution is 0.134. The van der Waals surface area contributed by atoms with Crippen molar-refractivity contribution < 1.29 is 5.11 Å². The van der Waals surface area contributed by atoms with Gasteiger partial charge < -0.3 is 15.3 Å². The number of nitrogens with zero attached hydrogens (tertiary/aromatic N) is 1. The Morgan fingerprint density at radius 1 is 1.33 bits per heavy atom. The molecule has 0 aromatic heterocycles. The number of rotatable bonds is 8. The highest BCUT2D eigenvalue weighted by Gasteiger charge is 2.20. The second-order valence-electron chi connectivity index (χ2n) is 6.38. The van der Waals surface area contributed by atoms with E-state index >= 15 is 0 Å². The highest BCUT2D eigenvalue weighted by molar-refractivity contribution is 4.74. The van der Waals surface area contributed by atoms with E-state index in [2.05, 4.69) is 31.0 Å². The van der Waals surface area contributed by atoms with Crippen LogP contribution in [0.15, 0.2) is 0 Å². The normalized spacial score (nSPS) is 22.0. The van der Waals surface area contributed by atoms with Gasteiger partial charge in [0, 0.05) is 18.6 Å². The molecule has 1 heterocycles. The third-order valence-corrected chi connectivity index (χ3v) is 4.49. The average Bonchev–Trinajstić information content (AvgIpc) is 2.40. The van der Waals surface area contributed by atoms with E-state index in [1.54, 1.807) is 0 Å². The Labute approximate surface area is 113 Å². The summed E-state index contributed by atoms with van der Waals surface area (Å²) in [7, 11) is 0. The molecule has 0 aliphatic carbocycles. The number of likely N-dealkylation sites (tertiary alicyclic amines) is 1. The van der Waals surface area contributed by atoms with Gasteiger partial charge in [0.15, 0.2) is 0 Å². The Morgan fingerprint density at radius 3 is 2.56 bits per heavy atom. The molecule has 1 rings (SSSR count). The van der Waals surface area contributed by atoms with Crippen molar-refractivity contribution in [3.8, 4) is 0 Å². The van der Waals surface area contributed by atoms with Crippen molar-refractivity contribution in [3.63, 3.8) is 0 Å². The first-order valence-corrected chi connectivity index (χ1v) is 7.63. The molecule has 3 heteroatoms. The van der Waals surface area contributed by atoms with Gasteiger partial charge in [0.2, 0.25) is 0 Å². The van der Waals surface area contributed by atoms with E-state index < -0.39 is 0 Å². The molecular weight excluding hydrogens is 224 g/mol. The summed E-state index contributed by atoms with van der Waals surface area (Å²) in [5.74, 6) is 0.925. The van der Waals surface area contributed by atoms with Crippen molar-refractivity contribution in [2.45, 2.75) is 46.5 Å².